The van der Waals surface area contributed by atoms with Gasteiger partial charge in [-0.25, -0.2) is 0 Å². The molecule has 3 aliphatic heterocycles. The van der Waals surface area contributed by atoms with Crippen molar-refractivity contribution in [3.63, 3.8) is 0 Å². The summed E-state index contributed by atoms with van der Waals surface area (Å²) in [6, 6.07) is 8.54. The number of carbonyl (C=O) groups excluding carboxylic acids is 1. The van der Waals surface area contributed by atoms with Gasteiger partial charge in [0.15, 0.2) is 6.29 Å². The number of hydrogen-bond acceptors (Lipinski definition) is 4. The van der Waals surface area contributed by atoms with Gasteiger partial charge in [-0.1, -0.05) is 24.3 Å². The third-order valence-electron chi connectivity index (χ3n) is 5.86. The molecule has 4 rings (SSSR count). The minimum absolute atomic E-state index is 0.0725. The van der Waals surface area contributed by atoms with Crippen LogP contribution in [-0.4, -0.2) is 60.4 Å². The van der Waals surface area contributed by atoms with Crippen LogP contribution in [0.15, 0.2) is 24.3 Å². The van der Waals surface area contributed by atoms with Gasteiger partial charge in [0.25, 0.3) is 0 Å². The zero-order valence-electron chi connectivity index (χ0n) is 15.0. The first-order chi connectivity index (χ1) is 12.2. The van der Waals surface area contributed by atoms with E-state index in [0.29, 0.717) is 13.2 Å². The molecule has 136 valence electrons. The van der Waals surface area contributed by atoms with Crippen LogP contribution in [0.25, 0.3) is 0 Å². The topological polar surface area (TPSA) is 42.0 Å². The van der Waals surface area contributed by atoms with E-state index in [1.807, 2.05) is 4.90 Å². The van der Waals surface area contributed by atoms with Crippen LogP contribution in [0.1, 0.15) is 37.3 Å². The summed E-state index contributed by atoms with van der Waals surface area (Å²) in [5, 5.41) is 0. The van der Waals surface area contributed by atoms with Crippen LogP contribution >= 0.6 is 0 Å². The first-order valence-corrected chi connectivity index (χ1v) is 9.58. The molecule has 3 aliphatic rings. The lowest BCUT2D eigenvalue weighted by Crippen LogP contribution is -2.56. The minimum atomic E-state index is -0.237. The Bertz CT molecular complexity index is 615. The van der Waals surface area contributed by atoms with Gasteiger partial charge < -0.3 is 14.4 Å². The van der Waals surface area contributed by atoms with Gasteiger partial charge in [0.05, 0.1) is 25.3 Å². The molecular weight excluding hydrogens is 316 g/mol. The summed E-state index contributed by atoms with van der Waals surface area (Å²) in [4.78, 5) is 17.6. The van der Waals surface area contributed by atoms with E-state index in [-0.39, 0.29) is 24.3 Å². The van der Waals surface area contributed by atoms with Crippen molar-refractivity contribution in [3.8, 4) is 0 Å². The van der Waals surface area contributed by atoms with E-state index in [0.717, 1.165) is 45.3 Å². The molecule has 1 amide bonds. The zero-order valence-corrected chi connectivity index (χ0v) is 15.0. The molecule has 0 radical (unpaired) electrons. The standard InChI is InChI=1S/C20H28N2O3/c1-15(21-11-9-16-6-2-3-7-17(16)14-21)19(23)22-10-5-4-8-18(22)20-24-12-13-25-20/h2-3,6-7,15,18,20H,4-5,8-14H2,1H3/t15-,18+/m0/s1. The fourth-order valence-electron chi connectivity index (χ4n) is 4.36. The monoisotopic (exact) mass is 344 g/mol. The molecule has 5 heteroatoms. The highest BCUT2D eigenvalue weighted by molar-refractivity contribution is 5.82. The Morgan fingerprint density at radius 3 is 2.68 bits per heavy atom. The molecule has 3 heterocycles. The zero-order chi connectivity index (χ0) is 17.2. The Morgan fingerprint density at radius 2 is 1.88 bits per heavy atom. The van der Waals surface area contributed by atoms with Gasteiger partial charge in [-0.3, -0.25) is 9.69 Å². The Hall–Kier alpha value is -1.43. The highest BCUT2D eigenvalue weighted by atomic mass is 16.7. The third-order valence-corrected chi connectivity index (χ3v) is 5.86. The number of hydrogen-bond donors (Lipinski definition) is 0. The van der Waals surface area contributed by atoms with E-state index in [1.165, 1.54) is 11.1 Å². The molecular formula is C20H28N2O3. The van der Waals surface area contributed by atoms with Crippen LogP contribution in [0, 0.1) is 0 Å². The fraction of sp³-hybridized carbons (Fsp3) is 0.650. The molecule has 25 heavy (non-hydrogen) atoms. The van der Waals surface area contributed by atoms with E-state index in [1.54, 1.807) is 0 Å². The highest BCUT2D eigenvalue weighted by Crippen LogP contribution is 2.27. The van der Waals surface area contributed by atoms with Crippen LogP contribution < -0.4 is 0 Å². The van der Waals surface area contributed by atoms with Crippen molar-refractivity contribution in [1.29, 1.82) is 0 Å². The number of fused-ring (bicyclic) bond motifs is 1. The molecule has 0 N–H and O–H groups in total. The minimum Gasteiger partial charge on any atom is -0.348 e. The average molecular weight is 344 g/mol. The molecule has 0 bridgehead atoms. The molecule has 0 aromatic heterocycles. The maximum Gasteiger partial charge on any atom is 0.240 e. The van der Waals surface area contributed by atoms with Crippen molar-refractivity contribution in [3.05, 3.63) is 35.4 Å². The van der Waals surface area contributed by atoms with E-state index in [4.69, 9.17) is 9.47 Å². The SMILES string of the molecule is C[C@@H](C(=O)N1CCCC[C@@H]1C1OCCO1)N1CCc2ccccc2C1. The summed E-state index contributed by atoms with van der Waals surface area (Å²) >= 11 is 0. The van der Waals surface area contributed by atoms with Crippen molar-refractivity contribution < 1.29 is 14.3 Å². The molecule has 1 aromatic carbocycles. The van der Waals surface area contributed by atoms with Crippen LogP contribution in [0.4, 0.5) is 0 Å². The molecule has 1 aromatic rings. The first-order valence-electron chi connectivity index (χ1n) is 9.58. The molecule has 2 atom stereocenters. The van der Waals surface area contributed by atoms with Gasteiger partial charge in [0.1, 0.15) is 0 Å². The van der Waals surface area contributed by atoms with Crippen molar-refractivity contribution in [1.82, 2.24) is 9.80 Å². The second-order valence-corrected chi connectivity index (χ2v) is 7.37. The van der Waals surface area contributed by atoms with Gasteiger partial charge >= 0.3 is 0 Å². The van der Waals surface area contributed by atoms with Gasteiger partial charge in [-0.05, 0) is 43.7 Å². The number of benzene rings is 1. The smallest absolute Gasteiger partial charge is 0.240 e. The van der Waals surface area contributed by atoms with Gasteiger partial charge in [0.2, 0.25) is 5.91 Å². The van der Waals surface area contributed by atoms with E-state index in [2.05, 4.69) is 36.1 Å². The highest BCUT2D eigenvalue weighted by Gasteiger charge is 2.39. The van der Waals surface area contributed by atoms with Crippen LogP contribution in [0.3, 0.4) is 0 Å². The lowest BCUT2D eigenvalue weighted by atomic mass is 9.97. The quantitative estimate of drug-likeness (QED) is 0.843. The first kappa shape index (κ1) is 17.0. The average Bonchev–Trinajstić information content (AvgIpc) is 3.21. The Balaban J connectivity index is 1.45. The van der Waals surface area contributed by atoms with E-state index >= 15 is 0 Å². The summed E-state index contributed by atoms with van der Waals surface area (Å²) in [5.41, 5.74) is 2.77. The van der Waals surface area contributed by atoms with Crippen molar-refractivity contribution in [2.45, 2.75) is 57.5 Å². The predicted molar refractivity (Wildman–Crippen MR) is 95.1 cm³/mol. The van der Waals surface area contributed by atoms with E-state index in [9.17, 15) is 4.79 Å². The summed E-state index contributed by atoms with van der Waals surface area (Å²) in [7, 11) is 0. The number of nitrogens with zero attached hydrogens (tertiary/aromatic N) is 2. The molecule has 0 spiro atoms. The van der Waals surface area contributed by atoms with E-state index < -0.39 is 0 Å². The van der Waals surface area contributed by atoms with Gasteiger partial charge in [0, 0.05) is 19.6 Å². The maximum atomic E-state index is 13.2. The molecule has 0 saturated carbocycles. The van der Waals surface area contributed by atoms with Crippen LogP contribution in [0.2, 0.25) is 0 Å². The molecule has 2 fully saturated rings. The largest absolute Gasteiger partial charge is 0.348 e. The summed E-state index contributed by atoms with van der Waals surface area (Å²) < 4.78 is 11.4. The summed E-state index contributed by atoms with van der Waals surface area (Å²) in [5.74, 6) is 0.225. The second-order valence-electron chi connectivity index (χ2n) is 7.37. The predicted octanol–water partition coefficient (Wildman–Crippen LogP) is 2.19. The second kappa shape index (κ2) is 7.44. The number of ether oxygens (including phenoxy) is 2. The molecule has 0 unspecified atom stereocenters. The molecule has 0 aliphatic carbocycles. The number of rotatable bonds is 3. The van der Waals surface area contributed by atoms with Crippen molar-refractivity contribution in [2.75, 3.05) is 26.3 Å². The normalized spacial score (nSPS) is 26.4. The molecule has 2 saturated heterocycles. The Labute approximate surface area is 149 Å². The van der Waals surface area contributed by atoms with Gasteiger partial charge in [-0.2, -0.15) is 0 Å². The fourth-order valence-corrected chi connectivity index (χ4v) is 4.36. The maximum absolute atomic E-state index is 13.2. The number of likely N-dealkylation sites (tertiary alicyclic amines) is 1. The Kier molecular flexibility index (Phi) is 5.06. The summed E-state index contributed by atoms with van der Waals surface area (Å²) in [6.45, 7) is 5.96. The number of piperidine rings is 1. The Morgan fingerprint density at radius 1 is 1.12 bits per heavy atom. The number of carbonyl (C=O) groups is 1. The molecule has 5 nitrogen and oxygen atoms in total. The lowest BCUT2D eigenvalue weighted by molar-refractivity contribution is -0.155. The van der Waals surface area contributed by atoms with Crippen molar-refractivity contribution >= 4 is 5.91 Å². The van der Waals surface area contributed by atoms with Gasteiger partial charge in [-0.15, -0.1) is 0 Å². The van der Waals surface area contributed by atoms with Crippen LogP contribution in [0.5, 0.6) is 0 Å². The third kappa shape index (κ3) is 3.46. The summed E-state index contributed by atoms with van der Waals surface area (Å²) in [6.07, 6.45) is 3.98. The lowest BCUT2D eigenvalue weighted by Gasteiger charge is -2.42. The van der Waals surface area contributed by atoms with Crippen molar-refractivity contribution in [2.24, 2.45) is 0 Å². The van der Waals surface area contributed by atoms with Crippen LogP contribution in [-0.2, 0) is 27.2 Å². The number of amides is 1.